The molecule has 0 radical (unpaired) electrons. The lowest BCUT2D eigenvalue weighted by molar-refractivity contribution is -0.147. The van der Waals surface area contributed by atoms with Gasteiger partial charge < -0.3 is 20.3 Å². The standard InChI is InChI=1S/C35H34ClF4N7O2S/c1-17(24-5-3-9-45(24)2)49-33-43-28-19(11-22(36)26(27(28)38)18-6-7-23(37)29-25(18)20(13-41)30(42)50-29)31(44-33)46-10-4-8-34(14-46)15-47(16-34)32(48)21-12-35(21,39)40/h6-7,11,17,21,24H,3-5,8-10,12,14-16,42H2,1-2H3/t17-,21?,24?/m0/s1. The number of likely N-dealkylation sites (N-methyl/N-ethyl adjacent to an activating group) is 1. The van der Waals surface area contributed by atoms with Crippen LogP contribution in [0.3, 0.4) is 0 Å². The molecule has 15 heteroatoms. The third kappa shape index (κ3) is 5.31. The number of piperidine rings is 1. The summed E-state index contributed by atoms with van der Waals surface area (Å²) in [6, 6.07) is 6.27. The number of aromatic nitrogens is 2. The number of nitrogens with two attached hydrogens (primary N) is 1. The third-order valence-electron chi connectivity index (χ3n) is 10.9. The molecule has 1 amide bonds. The van der Waals surface area contributed by atoms with Crippen molar-refractivity contribution >= 4 is 60.7 Å². The molecule has 9 nitrogen and oxygen atoms in total. The second kappa shape index (κ2) is 11.8. The molecule has 262 valence electrons. The minimum Gasteiger partial charge on any atom is -0.459 e. The Kier molecular flexibility index (Phi) is 7.85. The second-order valence-electron chi connectivity index (χ2n) is 14.3. The first-order valence-corrected chi connectivity index (χ1v) is 17.9. The fourth-order valence-electron chi connectivity index (χ4n) is 8.25. The minimum atomic E-state index is -2.92. The van der Waals surface area contributed by atoms with Crippen LogP contribution >= 0.6 is 22.9 Å². The molecule has 0 bridgehead atoms. The van der Waals surface area contributed by atoms with E-state index in [0.717, 1.165) is 43.6 Å². The van der Waals surface area contributed by atoms with Gasteiger partial charge in [0.15, 0.2) is 5.82 Å². The van der Waals surface area contributed by atoms with Crippen molar-refractivity contribution in [2.24, 2.45) is 11.3 Å². The number of alkyl halides is 2. The average molecular weight is 728 g/mol. The quantitative estimate of drug-likeness (QED) is 0.215. The number of nitriles is 1. The van der Waals surface area contributed by atoms with Crippen molar-refractivity contribution in [3.05, 3.63) is 40.4 Å². The number of thiophene rings is 1. The molecule has 8 rings (SSSR count). The van der Waals surface area contributed by atoms with E-state index < -0.39 is 35.8 Å². The normalized spacial score (nSPS) is 23.3. The second-order valence-corrected chi connectivity index (χ2v) is 15.7. The summed E-state index contributed by atoms with van der Waals surface area (Å²) in [5, 5.41) is 10.5. The molecule has 3 aliphatic heterocycles. The summed E-state index contributed by atoms with van der Waals surface area (Å²) in [5.74, 6) is -5.63. The van der Waals surface area contributed by atoms with Crippen LogP contribution in [0.2, 0.25) is 5.02 Å². The molecule has 50 heavy (non-hydrogen) atoms. The Bertz CT molecular complexity index is 2120. The lowest BCUT2D eigenvalue weighted by Gasteiger charge is -2.55. The van der Waals surface area contributed by atoms with Crippen LogP contribution in [0.5, 0.6) is 6.01 Å². The van der Waals surface area contributed by atoms with Crippen LogP contribution in [0.25, 0.3) is 32.1 Å². The Labute approximate surface area is 294 Å². The number of benzene rings is 2. The van der Waals surface area contributed by atoms with Gasteiger partial charge in [-0.1, -0.05) is 17.7 Å². The van der Waals surface area contributed by atoms with Gasteiger partial charge in [-0.2, -0.15) is 15.2 Å². The number of hydrogen-bond acceptors (Lipinski definition) is 9. The molecule has 2 unspecified atom stereocenters. The largest absolute Gasteiger partial charge is 0.459 e. The summed E-state index contributed by atoms with van der Waals surface area (Å²) in [5.41, 5.74) is 5.87. The van der Waals surface area contributed by atoms with E-state index in [-0.39, 0.29) is 65.9 Å². The molecule has 5 heterocycles. The molecule has 2 N–H and O–H groups in total. The van der Waals surface area contributed by atoms with Crippen LogP contribution < -0.4 is 15.4 Å². The highest BCUT2D eigenvalue weighted by atomic mass is 35.5. The Morgan fingerprint density at radius 1 is 1.20 bits per heavy atom. The molecule has 3 atom stereocenters. The third-order valence-corrected chi connectivity index (χ3v) is 12.2. The van der Waals surface area contributed by atoms with Gasteiger partial charge in [-0.15, -0.1) is 11.3 Å². The van der Waals surface area contributed by atoms with Gasteiger partial charge in [-0.05, 0) is 63.9 Å². The number of hydrogen-bond donors (Lipinski definition) is 1. The van der Waals surface area contributed by atoms with Crippen LogP contribution in [0, 0.1) is 34.3 Å². The van der Waals surface area contributed by atoms with E-state index in [0.29, 0.717) is 37.4 Å². The predicted molar refractivity (Wildman–Crippen MR) is 184 cm³/mol. The van der Waals surface area contributed by atoms with Crippen LogP contribution in [0.15, 0.2) is 18.2 Å². The highest BCUT2D eigenvalue weighted by Crippen LogP contribution is 2.52. The van der Waals surface area contributed by atoms with Gasteiger partial charge in [-0.25, -0.2) is 17.6 Å². The topological polar surface area (TPSA) is 112 Å². The molecular weight excluding hydrogens is 694 g/mol. The van der Waals surface area contributed by atoms with Gasteiger partial charge in [-0.3, -0.25) is 9.69 Å². The maximum absolute atomic E-state index is 17.1. The van der Waals surface area contributed by atoms with Crippen molar-refractivity contribution in [3.8, 4) is 23.2 Å². The Morgan fingerprint density at radius 3 is 2.64 bits per heavy atom. The van der Waals surface area contributed by atoms with Crippen molar-refractivity contribution in [2.45, 2.75) is 57.1 Å². The van der Waals surface area contributed by atoms with Crippen molar-refractivity contribution in [3.63, 3.8) is 0 Å². The first-order valence-electron chi connectivity index (χ1n) is 16.7. The first kappa shape index (κ1) is 33.2. The summed E-state index contributed by atoms with van der Waals surface area (Å²) in [7, 11) is 2.03. The van der Waals surface area contributed by atoms with Gasteiger partial charge in [0.1, 0.15) is 40.2 Å². The Hall–Kier alpha value is -3.93. The zero-order valence-electron chi connectivity index (χ0n) is 27.4. The summed E-state index contributed by atoms with van der Waals surface area (Å²) in [6.45, 7) is 4.61. The van der Waals surface area contributed by atoms with E-state index in [2.05, 4.69) is 9.88 Å². The van der Waals surface area contributed by atoms with E-state index in [1.807, 2.05) is 24.9 Å². The Morgan fingerprint density at radius 2 is 1.96 bits per heavy atom. The average Bonchev–Trinajstić information content (AvgIpc) is 3.33. The zero-order valence-corrected chi connectivity index (χ0v) is 29.0. The summed E-state index contributed by atoms with van der Waals surface area (Å²) >= 11 is 7.78. The monoisotopic (exact) mass is 727 g/mol. The van der Waals surface area contributed by atoms with E-state index in [1.54, 1.807) is 6.07 Å². The maximum atomic E-state index is 17.1. The van der Waals surface area contributed by atoms with Gasteiger partial charge in [0.2, 0.25) is 5.91 Å². The van der Waals surface area contributed by atoms with Crippen LogP contribution in [-0.2, 0) is 4.79 Å². The number of carbonyl (C=O) groups is 1. The molecule has 1 aliphatic carbocycles. The minimum absolute atomic E-state index is 0.00790. The molecule has 1 spiro atoms. The van der Waals surface area contributed by atoms with Crippen molar-refractivity contribution < 1.29 is 27.1 Å². The highest BCUT2D eigenvalue weighted by Gasteiger charge is 2.64. The maximum Gasteiger partial charge on any atom is 0.319 e. The molecule has 4 aliphatic rings. The summed E-state index contributed by atoms with van der Waals surface area (Å²) in [6.07, 6.45) is 2.77. The van der Waals surface area contributed by atoms with E-state index >= 15 is 4.39 Å². The zero-order chi connectivity index (χ0) is 35.3. The number of likely N-dealkylation sites (tertiary alicyclic amines) is 2. The van der Waals surface area contributed by atoms with E-state index in [4.69, 9.17) is 27.1 Å². The number of anilines is 2. The number of nitrogens with zero attached hydrogens (tertiary/aromatic N) is 6. The predicted octanol–water partition coefficient (Wildman–Crippen LogP) is 6.84. The smallest absolute Gasteiger partial charge is 0.319 e. The van der Waals surface area contributed by atoms with Crippen molar-refractivity contribution in [1.29, 1.82) is 5.26 Å². The first-order chi connectivity index (χ1) is 23.8. The number of rotatable bonds is 6. The van der Waals surface area contributed by atoms with Crippen molar-refractivity contribution in [2.75, 3.05) is 50.4 Å². The van der Waals surface area contributed by atoms with Gasteiger partial charge >= 0.3 is 6.01 Å². The van der Waals surface area contributed by atoms with Crippen molar-refractivity contribution in [1.82, 2.24) is 19.8 Å². The number of amides is 1. The summed E-state index contributed by atoms with van der Waals surface area (Å²) < 4.78 is 65.7. The molecular formula is C35H34ClF4N7O2S. The lowest BCUT2D eigenvalue weighted by Crippen LogP contribution is -2.64. The summed E-state index contributed by atoms with van der Waals surface area (Å²) in [4.78, 5) is 27.8. The number of carbonyl (C=O) groups excluding carboxylic acids is 1. The van der Waals surface area contributed by atoms with Crippen LogP contribution in [0.1, 0.15) is 44.6 Å². The fourth-order valence-corrected chi connectivity index (χ4v) is 9.49. The van der Waals surface area contributed by atoms with Gasteiger partial charge in [0.05, 0.1) is 15.3 Å². The molecule has 1 saturated carbocycles. The lowest BCUT2D eigenvalue weighted by atomic mass is 9.73. The molecule has 2 aromatic heterocycles. The fraction of sp³-hybridized carbons (Fsp3) is 0.486. The van der Waals surface area contributed by atoms with E-state index in [1.165, 1.54) is 17.0 Å². The molecule has 2 aromatic carbocycles. The van der Waals surface area contributed by atoms with Gasteiger partial charge in [0.25, 0.3) is 5.92 Å². The number of fused-ring (bicyclic) bond motifs is 2. The van der Waals surface area contributed by atoms with Gasteiger partial charge in [0, 0.05) is 60.4 Å². The Balaban J connectivity index is 1.22. The van der Waals surface area contributed by atoms with E-state index in [9.17, 15) is 23.2 Å². The number of ether oxygens (including phenoxy) is 1. The molecule has 4 fully saturated rings. The van der Waals surface area contributed by atoms with Crippen LogP contribution in [-0.4, -0.2) is 83.5 Å². The number of halogens is 5. The highest BCUT2D eigenvalue weighted by molar-refractivity contribution is 7.23. The molecule has 3 saturated heterocycles. The number of nitrogen functional groups attached to an aromatic ring is 1. The SMILES string of the molecule is C[C@H](Oc1nc(N2CCCC3(CN(C(=O)C4CC4(F)F)C3)C2)c2cc(Cl)c(-c3ccc(F)c4sc(N)c(C#N)c34)c(F)c2n1)C1CCCN1C. The molecule has 4 aromatic rings. The van der Waals surface area contributed by atoms with Crippen LogP contribution in [0.4, 0.5) is 28.4 Å².